The summed E-state index contributed by atoms with van der Waals surface area (Å²) in [5.41, 5.74) is 1.14. The maximum absolute atomic E-state index is 11.4. The van der Waals surface area contributed by atoms with Gasteiger partial charge < -0.3 is 4.74 Å². The number of ether oxygens (including phenoxy) is 1. The minimum Gasteiger partial charge on any atom is -0.497 e. The average molecular weight is 237 g/mol. The number of allylic oxidation sites excluding steroid dienone is 2. The fraction of sp³-hybridized carbons (Fsp3) is 0.308. The summed E-state index contributed by atoms with van der Waals surface area (Å²) in [6.07, 6.45) is 2.82. The predicted octanol–water partition coefficient (Wildman–Crippen LogP) is 3.26. The Bertz CT molecular complexity index is 420. The van der Waals surface area contributed by atoms with Gasteiger partial charge in [-0.15, -0.1) is 0 Å². The van der Waals surface area contributed by atoms with Gasteiger partial charge in [0.05, 0.1) is 7.11 Å². The molecule has 0 saturated heterocycles. The highest BCUT2D eigenvalue weighted by molar-refractivity contribution is 6.31. The van der Waals surface area contributed by atoms with Gasteiger partial charge in [-0.2, -0.15) is 0 Å². The van der Waals surface area contributed by atoms with Gasteiger partial charge in [-0.1, -0.05) is 23.7 Å². The molecule has 3 heteroatoms. The summed E-state index contributed by atoms with van der Waals surface area (Å²) < 4.78 is 5.09. The molecule has 1 aromatic rings. The smallest absolute Gasteiger partial charge is 0.157 e. The fourth-order valence-electron chi connectivity index (χ4n) is 1.95. The van der Waals surface area contributed by atoms with Crippen LogP contribution in [0.3, 0.4) is 0 Å². The number of benzene rings is 1. The van der Waals surface area contributed by atoms with Crippen LogP contribution in [0.25, 0.3) is 0 Å². The largest absolute Gasteiger partial charge is 0.497 e. The SMILES string of the molecule is COc1ccc([C@H]2CC(=O)C=C(Cl)C2)cc1. The van der Waals surface area contributed by atoms with Gasteiger partial charge in [0, 0.05) is 11.5 Å². The molecule has 84 valence electrons. The molecule has 0 fully saturated rings. The number of halogens is 1. The molecule has 0 aromatic heterocycles. The molecule has 0 spiro atoms. The molecule has 0 heterocycles. The Balaban J connectivity index is 2.18. The molecule has 2 rings (SSSR count). The number of hydrogen-bond donors (Lipinski definition) is 0. The maximum atomic E-state index is 11.4. The van der Waals surface area contributed by atoms with Gasteiger partial charge >= 0.3 is 0 Å². The lowest BCUT2D eigenvalue weighted by Crippen LogP contribution is -2.10. The summed E-state index contributed by atoms with van der Waals surface area (Å²) in [7, 11) is 1.64. The van der Waals surface area contributed by atoms with Crippen LogP contribution in [0.5, 0.6) is 5.75 Å². The van der Waals surface area contributed by atoms with E-state index in [1.807, 2.05) is 24.3 Å². The lowest BCUT2D eigenvalue weighted by atomic mass is 9.87. The molecule has 1 atom stereocenters. The van der Waals surface area contributed by atoms with Crippen molar-refractivity contribution in [2.24, 2.45) is 0 Å². The van der Waals surface area contributed by atoms with E-state index in [1.54, 1.807) is 7.11 Å². The molecule has 1 aromatic carbocycles. The molecule has 0 radical (unpaired) electrons. The van der Waals surface area contributed by atoms with Crippen molar-refractivity contribution < 1.29 is 9.53 Å². The van der Waals surface area contributed by atoms with Crippen LogP contribution in [-0.4, -0.2) is 12.9 Å². The van der Waals surface area contributed by atoms with Crippen LogP contribution in [0.4, 0.5) is 0 Å². The quantitative estimate of drug-likeness (QED) is 0.788. The highest BCUT2D eigenvalue weighted by Crippen LogP contribution is 2.33. The first-order valence-electron chi connectivity index (χ1n) is 5.22. The van der Waals surface area contributed by atoms with Crippen LogP contribution in [-0.2, 0) is 4.79 Å². The van der Waals surface area contributed by atoms with Crippen LogP contribution in [0, 0.1) is 0 Å². The van der Waals surface area contributed by atoms with Gasteiger partial charge in [-0.3, -0.25) is 4.79 Å². The molecule has 0 unspecified atom stereocenters. The highest BCUT2D eigenvalue weighted by atomic mass is 35.5. The first-order valence-corrected chi connectivity index (χ1v) is 5.59. The second-order valence-corrected chi connectivity index (χ2v) is 4.42. The zero-order chi connectivity index (χ0) is 11.5. The number of ketones is 1. The minimum absolute atomic E-state index is 0.108. The Kier molecular flexibility index (Phi) is 3.30. The van der Waals surface area contributed by atoms with Gasteiger partial charge in [0.15, 0.2) is 5.78 Å². The number of methoxy groups -OCH3 is 1. The molecule has 0 bridgehead atoms. The summed E-state index contributed by atoms with van der Waals surface area (Å²) in [6, 6.07) is 7.80. The second-order valence-electron chi connectivity index (χ2n) is 3.94. The molecule has 0 saturated carbocycles. The van der Waals surface area contributed by atoms with Crippen molar-refractivity contribution in [3.05, 3.63) is 40.9 Å². The third-order valence-corrected chi connectivity index (χ3v) is 3.06. The number of carbonyl (C=O) groups is 1. The van der Waals surface area contributed by atoms with Crippen molar-refractivity contribution in [2.75, 3.05) is 7.11 Å². The highest BCUT2D eigenvalue weighted by Gasteiger charge is 2.21. The molecule has 2 nitrogen and oxygen atoms in total. The monoisotopic (exact) mass is 236 g/mol. The van der Waals surface area contributed by atoms with E-state index in [0.717, 1.165) is 17.7 Å². The first kappa shape index (κ1) is 11.2. The molecular formula is C13H13ClO2. The third-order valence-electron chi connectivity index (χ3n) is 2.79. The molecule has 0 N–H and O–H groups in total. The summed E-state index contributed by atoms with van der Waals surface area (Å²) >= 11 is 5.93. The van der Waals surface area contributed by atoms with Crippen LogP contribution in [0.1, 0.15) is 24.3 Å². The molecule has 0 aliphatic heterocycles. The lowest BCUT2D eigenvalue weighted by molar-refractivity contribution is -0.115. The predicted molar refractivity (Wildman–Crippen MR) is 63.9 cm³/mol. The van der Waals surface area contributed by atoms with Crippen LogP contribution < -0.4 is 4.74 Å². The van der Waals surface area contributed by atoms with Crippen LogP contribution in [0.15, 0.2) is 35.4 Å². The Hall–Kier alpha value is -1.28. The van der Waals surface area contributed by atoms with Crippen molar-refractivity contribution in [1.29, 1.82) is 0 Å². The second kappa shape index (κ2) is 4.71. The topological polar surface area (TPSA) is 26.3 Å². The maximum Gasteiger partial charge on any atom is 0.157 e. The molecule has 1 aliphatic rings. The molecular weight excluding hydrogens is 224 g/mol. The molecule has 1 aliphatic carbocycles. The number of rotatable bonds is 2. The minimum atomic E-state index is 0.108. The zero-order valence-electron chi connectivity index (χ0n) is 9.07. The normalized spacial score (nSPS) is 20.5. The summed E-state index contributed by atoms with van der Waals surface area (Å²) in [6.45, 7) is 0. The van der Waals surface area contributed by atoms with E-state index in [1.165, 1.54) is 6.08 Å². The van der Waals surface area contributed by atoms with Gasteiger partial charge in [0.25, 0.3) is 0 Å². The van der Waals surface area contributed by atoms with E-state index in [9.17, 15) is 4.79 Å². The van der Waals surface area contributed by atoms with E-state index in [0.29, 0.717) is 11.5 Å². The third kappa shape index (κ3) is 2.45. The number of carbonyl (C=O) groups excluding carboxylic acids is 1. The van der Waals surface area contributed by atoms with Crippen molar-refractivity contribution in [2.45, 2.75) is 18.8 Å². The van der Waals surface area contributed by atoms with Crippen molar-refractivity contribution in [1.82, 2.24) is 0 Å². The lowest BCUT2D eigenvalue weighted by Gasteiger charge is -2.19. The van der Waals surface area contributed by atoms with E-state index in [4.69, 9.17) is 16.3 Å². The van der Waals surface area contributed by atoms with Gasteiger partial charge in [0.1, 0.15) is 5.75 Å². The Morgan fingerprint density at radius 1 is 1.25 bits per heavy atom. The zero-order valence-corrected chi connectivity index (χ0v) is 9.83. The van der Waals surface area contributed by atoms with Gasteiger partial charge in [-0.05, 0) is 36.1 Å². The van der Waals surface area contributed by atoms with Crippen LogP contribution in [0.2, 0.25) is 0 Å². The van der Waals surface area contributed by atoms with Gasteiger partial charge in [0.2, 0.25) is 0 Å². The van der Waals surface area contributed by atoms with E-state index in [2.05, 4.69) is 0 Å². The standard InChI is InChI=1S/C13H13ClO2/c1-16-13-4-2-9(3-5-13)10-6-11(14)8-12(15)7-10/h2-5,8,10H,6-7H2,1H3/t10-/m1/s1. The Labute approximate surface area is 99.9 Å². The van der Waals surface area contributed by atoms with Crippen molar-refractivity contribution in [3.63, 3.8) is 0 Å². The summed E-state index contributed by atoms with van der Waals surface area (Å²) in [5, 5.41) is 0.650. The van der Waals surface area contributed by atoms with Crippen molar-refractivity contribution >= 4 is 17.4 Å². The van der Waals surface area contributed by atoms with E-state index in [-0.39, 0.29) is 11.7 Å². The summed E-state index contributed by atoms with van der Waals surface area (Å²) in [4.78, 5) is 11.4. The molecule has 16 heavy (non-hydrogen) atoms. The van der Waals surface area contributed by atoms with E-state index >= 15 is 0 Å². The number of hydrogen-bond acceptors (Lipinski definition) is 2. The van der Waals surface area contributed by atoms with E-state index < -0.39 is 0 Å². The van der Waals surface area contributed by atoms with Gasteiger partial charge in [-0.25, -0.2) is 0 Å². The van der Waals surface area contributed by atoms with Crippen molar-refractivity contribution in [3.8, 4) is 5.75 Å². The fourth-order valence-corrected chi connectivity index (χ4v) is 2.26. The Morgan fingerprint density at radius 3 is 2.50 bits per heavy atom. The molecule has 0 amide bonds. The van der Waals surface area contributed by atoms with Crippen LogP contribution >= 0.6 is 11.6 Å². The summed E-state index contributed by atoms with van der Waals surface area (Å²) in [5.74, 6) is 1.14. The first-order chi connectivity index (χ1) is 7.69. The average Bonchev–Trinajstić information content (AvgIpc) is 2.28. The Morgan fingerprint density at radius 2 is 1.94 bits per heavy atom.